The molecule has 0 saturated carbocycles. The van der Waals surface area contributed by atoms with E-state index < -0.39 is 0 Å². The number of benzene rings is 1. The molecule has 0 unspecified atom stereocenters. The number of nitrogens with zero attached hydrogens (tertiary/aromatic N) is 2. The molecule has 1 aromatic rings. The molecule has 0 saturated heterocycles. The van der Waals surface area contributed by atoms with E-state index >= 15 is 0 Å². The Hall–Kier alpha value is -1.10. The minimum atomic E-state index is -0.319. The molecule has 0 aliphatic carbocycles. The second-order valence-electron chi connectivity index (χ2n) is 5.63. The van der Waals surface area contributed by atoms with E-state index in [0.29, 0.717) is 11.0 Å². The van der Waals surface area contributed by atoms with E-state index in [0.717, 1.165) is 12.1 Å². The third-order valence-corrected chi connectivity index (χ3v) is 3.16. The first-order valence-electron chi connectivity index (χ1n) is 5.79. The first-order valence-corrected chi connectivity index (χ1v) is 6.91. The highest BCUT2D eigenvalue weighted by Gasteiger charge is 2.21. The van der Waals surface area contributed by atoms with E-state index in [-0.39, 0.29) is 16.0 Å². The summed E-state index contributed by atoms with van der Waals surface area (Å²) in [5.74, 6) is 0. The zero-order chi connectivity index (χ0) is 13.9. The summed E-state index contributed by atoms with van der Waals surface area (Å²) in [6.07, 6.45) is 0. The van der Waals surface area contributed by atoms with E-state index in [9.17, 15) is 10.1 Å². The molecule has 18 heavy (non-hydrogen) atoms. The Balaban J connectivity index is 3.11. The van der Waals surface area contributed by atoms with Crippen molar-refractivity contribution in [3.8, 4) is 0 Å². The van der Waals surface area contributed by atoms with Crippen molar-refractivity contribution in [2.24, 2.45) is 5.41 Å². The van der Waals surface area contributed by atoms with Crippen LogP contribution in [0.5, 0.6) is 0 Å². The van der Waals surface area contributed by atoms with E-state index in [4.69, 9.17) is 0 Å². The van der Waals surface area contributed by atoms with Crippen LogP contribution in [-0.4, -0.2) is 18.5 Å². The SMILES string of the molecule is CN(CC(C)(C)C)c1ccc(CBr)cc1[N+](=O)[O-]. The van der Waals surface area contributed by atoms with Gasteiger partial charge in [0.25, 0.3) is 5.69 Å². The van der Waals surface area contributed by atoms with Crippen LogP contribution in [0.3, 0.4) is 0 Å². The number of halogens is 1. The first-order chi connectivity index (χ1) is 8.24. The zero-order valence-electron chi connectivity index (χ0n) is 11.2. The summed E-state index contributed by atoms with van der Waals surface area (Å²) in [5.41, 5.74) is 1.84. The van der Waals surface area contributed by atoms with Crippen LogP contribution in [-0.2, 0) is 5.33 Å². The number of alkyl halides is 1. The predicted molar refractivity (Wildman–Crippen MR) is 78.5 cm³/mol. The Bertz CT molecular complexity index is 441. The summed E-state index contributed by atoms with van der Waals surface area (Å²) >= 11 is 3.31. The molecule has 0 amide bonds. The third kappa shape index (κ3) is 3.98. The van der Waals surface area contributed by atoms with E-state index in [1.807, 2.05) is 24.1 Å². The van der Waals surface area contributed by atoms with Gasteiger partial charge in [-0.1, -0.05) is 42.8 Å². The quantitative estimate of drug-likeness (QED) is 0.480. The van der Waals surface area contributed by atoms with Crippen molar-refractivity contribution in [1.29, 1.82) is 0 Å². The smallest absolute Gasteiger partial charge is 0.292 e. The molecule has 0 radical (unpaired) electrons. The lowest BCUT2D eigenvalue weighted by Gasteiger charge is -2.28. The Kier molecular flexibility index (Phi) is 4.73. The molecule has 1 rings (SSSR count). The van der Waals surface area contributed by atoms with Gasteiger partial charge in [0, 0.05) is 25.0 Å². The first kappa shape index (κ1) is 15.0. The van der Waals surface area contributed by atoms with Crippen LogP contribution in [0.1, 0.15) is 26.3 Å². The van der Waals surface area contributed by atoms with E-state index in [1.165, 1.54) is 0 Å². The topological polar surface area (TPSA) is 46.4 Å². The lowest BCUT2D eigenvalue weighted by Crippen LogP contribution is -2.29. The van der Waals surface area contributed by atoms with E-state index in [1.54, 1.807) is 6.07 Å². The molecule has 4 nitrogen and oxygen atoms in total. The maximum absolute atomic E-state index is 11.1. The summed E-state index contributed by atoms with van der Waals surface area (Å²) in [5, 5.41) is 11.7. The fraction of sp³-hybridized carbons (Fsp3) is 0.538. The fourth-order valence-electron chi connectivity index (χ4n) is 1.92. The molecule has 1 aromatic carbocycles. The Morgan fingerprint density at radius 2 is 2.00 bits per heavy atom. The highest BCUT2D eigenvalue weighted by molar-refractivity contribution is 9.08. The Morgan fingerprint density at radius 1 is 1.39 bits per heavy atom. The molecular formula is C13H19BrN2O2. The number of hydrogen-bond acceptors (Lipinski definition) is 3. The van der Waals surface area contributed by atoms with Gasteiger partial charge in [-0.25, -0.2) is 0 Å². The normalized spacial score (nSPS) is 11.4. The Labute approximate surface area is 116 Å². The largest absolute Gasteiger partial charge is 0.369 e. The van der Waals surface area contributed by atoms with Gasteiger partial charge in [0.05, 0.1) is 4.92 Å². The van der Waals surface area contributed by atoms with Crippen LogP contribution in [0.2, 0.25) is 0 Å². The highest BCUT2D eigenvalue weighted by atomic mass is 79.9. The van der Waals surface area contributed by atoms with Gasteiger partial charge in [0.1, 0.15) is 5.69 Å². The van der Waals surface area contributed by atoms with Gasteiger partial charge in [-0.2, -0.15) is 0 Å². The minimum absolute atomic E-state index is 0.0940. The molecule has 0 N–H and O–H groups in total. The summed E-state index contributed by atoms with van der Waals surface area (Å²) in [6.45, 7) is 7.11. The average Bonchev–Trinajstić information content (AvgIpc) is 2.25. The van der Waals surface area contributed by atoms with Crippen molar-refractivity contribution < 1.29 is 4.92 Å². The molecule has 0 heterocycles. The van der Waals surface area contributed by atoms with Crippen molar-refractivity contribution in [1.82, 2.24) is 0 Å². The van der Waals surface area contributed by atoms with E-state index in [2.05, 4.69) is 36.7 Å². The molecular weight excluding hydrogens is 296 g/mol. The summed E-state index contributed by atoms with van der Waals surface area (Å²) in [6, 6.07) is 5.36. The highest BCUT2D eigenvalue weighted by Crippen LogP contribution is 2.31. The molecule has 0 atom stereocenters. The second-order valence-corrected chi connectivity index (χ2v) is 6.19. The number of rotatable bonds is 4. The van der Waals surface area contributed by atoms with Crippen molar-refractivity contribution in [2.45, 2.75) is 26.1 Å². The maximum atomic E-state index is 11.1. The number of nitro groups is 1. The standard InChI is InChI=1S/C13H19BrN2O2/c1-13(2,3)9-15(4)11-6-5-10(8-14)7-12(11)16(17)18/h5-7H,8-9H2,1-4H3. The number of hydrogen-bond donors (Lipinski definition) is 0. The van der Waals surface area contributed by atoms with Crippen LogP contribution in [0, 0.1) is 15.5 Å². The monoisotopic (exact) mass is 314 g/mol. The van der Waals surface area contributed by atoms with Gasteiger partial charge in [-0.15, -0.1) is 0 Å². The Morgan fingerprint density at radius 3 is 2.44 bits per heavy atom. The third-order valence-electron chi connectivity index (χ3n) is 2.51. The predicted octanol–water partition coefficient (Wildman–Crippen LogP) is 3.97. The summed E-state index contributed by atoms with van der Waals surface area (Å²) < 4.78 is 0. The van der Waals surface area contributed by atoms with Crippen LogP contribution in [0.25, 0.3) is 0 Å². The zero-order valence-corrected chi connectivity index (χ0v) is 12.8. The van der Waals surface area contributed by atoms with Crippen LogP contribution in [0.15, 0.2) is 18.2 Å². The van der Waals surface area contributed by atoms with Crippen LogP contribution >= 0.6 is 15.9 Å². The summed E-state index contributed by atoms with van der Waals surface area (Å²) in [4.78, 5) is 12.7. The van der Waals surface area contributed by atoms with Gasteiger partial charge in [-0.3, -0.25) is 10.1 Å². The van der Waals surface area contributed by atoms with Gasteiger partial charge < -0.3 is 4.90 Å². The molecule has 0 bridgehead atoms. The van der Waals surface area contributed by atoms with Crippen molar-refractivity contribution in [3.63, 3.8) is 0 Å². The molecule has 0 fully saturated rings. The molecule has 0 spiro atoms. The summed E-state index contributed by atoms with van der Waals surface area (Å²) in [7, 11) is 1.89. The van der Waals surface area contributed by atoms with Gasteiger partial charge in [0.15, 0.2) is 0 Å². The van der Waals surface area contributed by atoms with Gasteiger partial charge >= 0.3 is 0 Å². The molecule has 5 heteroatoms. The second kappa shape index (κ2) is 5.69. The van der Waals surface area contributed by atoms with Gasteiger partial charge in [0.2, 0.25) is 0 Å². The maximum Gasteiger partial charge on any atom is 0.292 e. The molecule has 100 valence electrons. The molecule has 0 aromatic heterocycles. The van der Waals surface area contributed by atoms with Crippen molar-refractivity contribution in [3.05, 3.63) is 33.9 Å². The van der Waals surface area contributed by atoms with Crippen LogP contribution < -0.4 is 4.90 Å². The van der Waals surface area contributed by atoms with Crippen molar-refractivity contribution in [2.75, 3.05) is 18.5 Å². The molecule has 0 aliphatic heterocycles. The minimum Gasteiger partial charge on any atom is -0.369 e. The lowest BCUT2D eigenvalue weighted by atomic mass is 9.96. The average molecular weight is 315 g/mol. The van der Waals surface area contributed by atoms with Crippen molar-refractivity contribution >= 4 is 27.3 Å². The molecule has 0 aliphatic rings. The van der Waals surface area contributed by atoms with Crippen LogP contribution in [0.4, 0.5) is 11.4 Å². The fourth-order valence-corrected chi connectivity index (χ4v) is 2.27. The lowest BCUT2D eigenvalue weighted by molar-refractivity contribution is -0.384. The van der Waals surface area contributed by atoms with Gasteiger partial charge in [-0.05, 0) is 17.0 Å². The number of nitro benzene ring substituents is 1. The number of anilines is 1.